The van der Waals surface area contributed by atoms with E-state index in [4.69, 9.17) is 4.74 Å². The Kier molecular flexibility index (Phi) is 4.79. The molecule has 0 radical (unpaired) electrons. The number of methoxy groups -OCH3 is 1. The molecule has 0 atom stereocenters. The lowest BCUT2D eigenvalue weighted by Crippen LogP contribution is -2.31. The van der Waals surface area contributed by atoms with Crippen LogP contribution in [0, 0.1) is 6.92 Å². The van der Waals surface area contributed by atoms with Crippen LogP contribution in [0.25, 0.3) is 11.3 Å². The molecule has 2 heterocycles. The number of amides is 2. The number of hydrogen-bond donors (Lipinski definition) is 1. The van der Waals surface area contributed by atoms with Gasteiger partial charge in [0.1, 0.15) is 10.6 Å². The number of aryl methyl sites for hydroxylation is 1. The SMILES string of the molecule is COc1ccc(-c2nc(NC(=O)c3ccc4c(c3)S(=O)(=O)N(C3CC3)C4=O)sc2C)cc1. The van der Waals surface area contributed by atoms with Crippen LogP contribution >= 0.6 is 11.3 Å². The van der Waals surface area contributed by atoms with Crippen LogP contribution in [0.5, 0.6) is 5.75 Å². The average molecular weight is 470 g/mol. The fourth-order valence-electron chi connectivity index (χ4n) is 3.69. The number of benzene rings is 2. The number of anilines is 1. The van der Waals surface area contributed by atoms with E-state index in [1.807, 2.05) is 31.2 Å². The van der Waals surface area contributed by atoms with Gasteiger partial charge in [-0.1, -0.05) is 0 Å². The summed E-state index contributed by atoms with van der Waals surface area (Å²) in [7, 11) is -2.33. The third kappa shape index (κ3) is 3.35. The summed E-state index contributed by atoms with van der Waals surface area (Å²) >= 11 is 1.33. The molecule has 0 spiro atoms. The summed E-state index contributed by atoms with van der Waals surface area (Å²) < 4.78 is 31.8. The lowest BCUT2D eigenvalue weighted by molar-refractivity contribution is 0.0864. The van der Waals surface area contributed by atoms with Crippen molar-refractivity contribution in [2.24, 2.45) is 0 Å². The highest BCUT2D eigenvalue weighted by atomic mass is 32.2. The molecule has 1 N–H and O–H groups in total. The van der Waals surface area contributed by atoms with E-state index in [0.717, 1.165) is 26.2 Å². The number of fused-ring (bicyclic) bond motifs is 1. The first-order valence-electron chi connectivity index (χ1n) is 9.95. The van der Waals surface area contributed by atoms with Gasteiger partial charge in [0, 0.05) is 22.0 Å². The molecule has 8 nitrogen and oxygen atoms in total. The fraction of sp³-hybridized carbons (Fsp3) is 0.227. The van der Waals surface area contributed by atoms with Gasteiger partial charge in [-0.3, -0.25) is 14.9 Å². The fourth-order valence-corrected chi connectivity index (χ4v) is 6.37. The van der Waals surface area contributed by atoms with Crippen molar-refractivity contribution >= 4 is 38.3 Å². The van der Waals surface area contributed by atoms with Crippen molar-refractivity contribution in [2.45, 2.75) is 30.7 Å². The molecule has 32 heavy (non-hydrogen) atoms. The first-order chi connectivity index (χ1) is 15.3. The number of ether oxygens (including phenoxy) is 1. The Balaban J connectivity index is 1.40. The van der Waals surface area contributed by atoms with Crippen LogP contribution in [0.3, 0.4) is 0 Å². The molecule has 0 bridgehead atoms. The Hall–Kier alpha value is -3.24. The topological polar surface area (TPSA) is 106 Å². The van der Waals surface area contributed by atoms with Gasteiger partial charge in [-0.05, 0) is 62.2 Å². The molecule has 3 aromatic rings. The van der Waals surface area contributed by atoms with Gasteiger partial charge in [0.05, 0.1) is 18.4 Å². The molecule has 5 rings (SSSR count). The van der Waals surface area contributed by atoms with E-state index in [-0.39, 0.29) is 22.1 Å². The van der Waals surface area contributed by atoms with Crippen LogP contribution in [-0.4, -0.2) is 42.7 Å². The number of sulfonamides is 1. The maximum Gasteiger partial charge on any atom is 0.269 e. The second-order valence-electron chi connectivity index (χ2n) is 7.65. The first kappa shape index (κ1) is 20.7. The van der Waals surface area contributed by atoms with E-state index in [2.05, 4.69) is 10.3 Å². The van der Waals surface area contributed by atoms with E-state index in [9.17, 15) is 18.0 Å². The minimum Gasteiger partial charge on any atom is -0.497 e. The molecular formula is C22H19N3O5S2. The Labute approximate surface area is 188 Å². The summed E-state index contributed by atoms with van der Waals surface area (Å²) in [4.78, 5) is 30.7. The predicted octanol–water partition coefficient (Wildman–Crippen LogP) is 3.69. The summed E-state index contributed by atoms with van der Waals surface area (Å²) in [5, 5.41) is 3.14. The molecule has 1 aromatic heterocycles. The number of carbonyl (C=O) groups excluding carboxylic acids is 2. The molecule has 164 valence electrons. The summed E-state index contributed by atoms with van der Waals surface area (Å²) in [6.45, 7) is 1.91. The van der Waals surface area contributed by atoms with Crippen LogP contribution in [0.1, 0.15) is 38.4 Å². The van der Waals surface area contributed by atoms with Crippen LogP contribution in [0.2, 0.25) is 0 Å². The van der Waals surface area contributed by atoms with Crippen LogP contribution in [-0.2, 0) is 10.0 Å². The largest absolute Gasteiger partial charge is 0.497 e. The maximum atomic E-state index is 12.8. The number of aromatic nitrogens is 1. The molecular weight excluding hydrogens is 450 g/mol. The lowest BCUT2D eigenvalue weighted by atomic mass is 10.1. The van der Waals surface area contributed by atoms with Gasteiger partial charge in [-0.15, -0.1) is 11.3 Å². The number of nitrogens with zero attached hydrogens (tertiary/aromatic N) is 2. The minimum absolute atomic E-state index is 0.111. The van der Waals surface area contributed by atoms with Gasteiger partial charge >= 0.3 is 0 Å². The standard InChI is InChI=1S/C22H19N3O5S2/c1-12-19(13-3-8-16(30-2)9-4-13)23-22(31-12)24-20(26)14-5-10-17-18(11-14)32(28,29)25(21(17)27)15-6-7-15/h3-5,8-11,15H,6-7H2,1-2H3,(H,23,24,26). The van der Waals surface area contributed by atoms with Crippen molar-refractivity contribution in [2.75, 3.05) is 12.4 Å². The highest BCUT2D eigenvalue weighted by molar-refractivity contribution is 7.90. The van der Waals surface area contributed by atoms with E-state index in [1.54, 1.807) is 7.11 Å². The summed E-state index contributed by atoms with van der Waals surface area (Å²) in [5.74, 6) is -0.273. The Morgan fingerprint density at radius 2 is 1.91 bits per heavy atom. The zero-order valence-corrected chi connectivity index (χ0v) is 18.9. The third-order valence-electron chi connectivity index (χ3n) is 5.47. The van der Waals surface area contributed by atoms with Crippen molar-refractivity contribution < 1.29 is 22.7 Å². The highest BCUT2D eigenvalue weighted by Crippen LogP contribution is 2.40. The molecule has 2 aliphatic rings. The van der Waals surface area contributed by atoms with Crippen molar-refractivity contribution in [1.82, 2.24) is 9.29 Å². The monoisotopic (exact) mass is 469 g/mol. The summed E-state index contributed by atoms with van der Waals surface area (Å²) in [6.07, 6.45) is 1.35. The second kappa shape index (κ2) is 7.42. The van der Waals surface area contributed by atoms with Gasteiger partial charge in [0.25, 0.3) is 21.8 Å². The molecule has 2 aromatic carbocycles. The Morgan fingerprint density at radius 3 is 2.56 bits per heavy atom. The Bertz CT molecular complexity index is 1360. The van der Waals surface area contributed by atoms with E-state index >= 15 is 0 Å². The number of rotatable bonds is 5. The summed E-state index contributed by atoms with van der Waals surface area (Å²) in [6, 6.07) is 11.3. The second-order valence-corrected chi connectivity index (χ2v) is 10.6. The smallest absolute Gasteiger partial charge is 0.269 e. The number of carbonyl (C=O) groups is 2. The molecule has 1 saturated carbocycles. The summed E-state index contributed by atoms with van der Waals surface area (Å²) in [5.41, 5.74) is 1.90. The quantitative estimate of drug-likeness (QED) is 0.611. The molecule has 1 fully saturated rings. The van der Waals surface area contributed by atoms with Gasteiger partial charge < -0.3 is 4.74 Å². The highest BCUT2D eigenvalue weighted by Gasteiger charge is 2.48. The van der Waals surface area contributed by atoms with Crippen LogP contribution in [0.4, 0.5) is 5.13 Å². The van der Waals surface area contributed by atoms with Crippen LogP contribution in [0.15, 0.2) is 47.4 Å². The van der Waals surface area contributed by atoms with Gasteiger partial charge in [-0.25, -0.2) is 17.7 Å². The molecule has 0 unspecified atom stereocenters. The molecule has 1 aliphatic carbocycles. The third-order valence-corrected chi connectivity index (χ3v) is 8.23. The first-order valence-corrected chi connectivity index (χ1v) is 12.2. The minimum atomic E-state index is -3.93. The van der Waals surface area contributed by atoms with Gasteiger partial charge in [0.15, 0.2) is 5.13 Å². The number of nitrogens with one attached hydrogen (secondary N) is 1. The molecule has 1 aliphatic heterocycles. The zero-order chi connectivity index (χ0) is 22.6. The van der Waals surface area contributed by atoms with E-state index < -0.39 is 21.8 Å². The normalized spacial score (nSPS) is 16.7. The molecule has 2 amide bonds. The number of thiazole rings is 1. The lowest BCUT2D eigenvalue weighted by Gasteiger charge is -2.13. The van der Waals surface area contributed by atoms with Crippen molar-refractivity contribution in [3.05, 3.63) is 58.5 Å². The predicted molar refractivity (Wildman–Crippen MR) is 120 cm³/mol. The van der Waals surface area contributed by atoms with E-state index in [0.29, 0.717) is 18.0 Å². The molecule has 10 heteroatoms. The molecule has 0 saturated heterocycles. The van der Waals surface area contributed by atoms with Crippen molar-refractivity contribution in [3.8, 4) is 17.0 Å². The maximum absolute atomic E-state index is 12.8. The van der Waals surface area contributed by atoms with Crippen molar-refractivity contribution in [3.63, 3.8) is 0 Å². The van der Waals surface area contributed by atoms with Crippen molar-refractivity contribution in [1.29, 1.82) is 0 Å². The number of hydrogen-bond acceptors (Lipinski definition) is 7. The Morgan fingerprint density at radius 1 is 1.19 bits per heavy atom. The van der Waals surface area contributed by atoms with Gasteiger partial charge in [-0.2, -0.15) is 0 Å². The van der Waals surface area contributed by atoms with E-state index in [1.165, 1.54) is 29.5 Å². The van der Waals surface area contributed by atoms with Crippen LogP contribution < -0.4 is 10.1 Å². The van der Waals surface area contributed by atoms with Gasteiger partial charge in [0.2, 0.25) is 0 Å². The average Bonchev–Trinajstić information content (AvgIpc) is 3.50. The zero-order valence-electron chi connectivity index (χ0n) is 17.3.